The van der Waals surface area contributed by atoms with E-state index in [-0.39, 0.29) is 0 Å². The standard InChI is InChI=1S/C10H16ClN3S/c1-3-9-12-10(15-13-9)14(2)6-7-4-8(11)5-7/h7-8H,3-6H2,1-2H3. The zero-order chi connectivity index (χ0) is 10.8. The second-order valence-electron chi connectivity index (χ2n) is 4.16. The predicted octanol–water partition coefficient (Wildman–Crippen LogP) is 2.55. The summed E-state index contributed by atoms with van der Waals surface area (Å²) in [6.45, 7) is 3.14. The zero-order valence-corrected chi connectivity index (χ0v) is 10.7. The van der Waals surface area contributed by atoms with Gasteiger partial charge in [0.25, 0.3) is 0 Å². The molecule has 1 aromatic heterocycles. The van der Waals surface area contributed by atoms with E-state index in [1.165, 1.54) is 11.5 Å². The molecule has 0 aromatic carbocycles. The van der Waals surface area contributed by atoms with Crippen molar-refractivity contribution < 1.29 is 0 Å². The van der Waals surface area contributed by atoms with E-state index >= 15 is 0 Å². The number of hydrogen-bond acceptors (Lipinski definition) is 4. The van der Waals surface area contributed by atoms with Crippen LogP contribution in [-0.2, 0) is 6.42 Å². The molecule has 0 atom stereocenters. The van der Waals surface area contributed by atoms with Crippen LogP contribution in [0, 0.1) is 5.92 Å². The van der Waals surface area contributed by atoms with Crippen LogP contribution in [-0.4, -0.2) is 28.3 Å². The van der Waals surface area contributed by atoms with Crippen molar-refractivity contribution in [1.29, 1.82) is 0 Å². The maximum absolute atomic E-state index is 5.96. The maximum atomic E-state index is 5.96. The highest BCUT2D eigenvalue weighted by atomic mass is 35.5. The zero-order valence-electron chi connectivity index (χ0n) is 9.11. The first kappa shape index (κ1) is 11.1. The predicted molar refractivity (Wildman–Crippen MR) is 64.9 cm³/mol. The van der Waals surface area contributed by atoms with Crippen molar-refractivity contribution in [2.24, 2.45) is 5.92 Å². The van der Waals surface area contributed by atoms with Crippen molar-refractivity contribution in [2.45, 2.75) is 31.6 Å². The lowest BCUT2D eigenvalue weighted by atomic mass is 9.84. The second kappa shape index (κ2) is 4.66. The summed E-state index contributed by atoms with van der Waals surface area (Å²) < 4.78 is 4.28. The van der Waals surface area contributed by atoms with Crippen molar-refractivity contribution in [3.05, 3.63) is 5.82 Å². The topological polar surface area (TPSA) is 29.0 Å². The Morgan fingerprint density at radius 3 is 2.80 bits per heavy atom. The first-order chi connectivity index (χ1) is 7.19. The SMILES string of the molecule is CCc1nsc(N(C)CC2CC(Cl)C2)n1. The van der Waals surface area contributed by atoms with Gasteiger partial charge in [-0.2, -0.15) is 4.37 Å². The molecule has 0 amide bonds. The summed E-state index contributed by atoms with van der Waals surface area (Å²) in [4.78, 5) is 6.66. The lowest BCUT2D eigenvalue weighted by Crippen LogP contribution is -2.34. The highest BCUT2D eigenvalue weighted by Crippen LogP contribution is 2.33. The summed E-state index contributed by atoms with van der Waals surface area (Å²) in [6.07, 6.45) is 3.20. The van der Waals surface area contributed by atoms with Crippen LogP contribution >= 0.6 is 23.1 Å². The minimum absolute atomic E-state index is 0.407. The fraction of sp³-hybridized carbons (Fsp3) is 0.800. The molecule has 0 bridgehead atoms. The highest BCUT2D eigenvalue weighted by Gasteiger charge is 2.28. The largest absolute Gasteiger partial charge is 0.350 e. The van der Waals surface area contributed by atoms with E-state index in [0.29, 0.717) is 5.38 Å². The molecule has 0 saturated heterocycles. The van der Waals surface area contributed by atoms with E-state index in [1.807, 2.05) is 0 Å². The van der Waals surface area contributed by atoms with Gasteiger partial charge in [-0.15, -0.1) is 11.6 Å². The van der Waals surface area contributed by atoms with E-state index in [9.17, 15) is 0 Å². The molecule has 84 valence electrons. The maximum Gasteiger partial charge on any atom is 0.204 e. The van der Waals surface area contributed by atoms with Crippen LogP contribution in [0.4, 0.5) is 5.13 Å². The fourth-order valence-electron chi connectivity index (χ4n) is 1.81. The molecular weight excluding hydrogens is 230 g/mol. The smallest absolute Gasteiger partial charge is 0.204 e. The molecule has 15 heavy (non-hydrogen) atoms. The highest BCUT2D eigenvalue weighted by molar-refractivity contribution is 7.09. The normalized spacial score (nSPS) is 25.0. The third kappa shape index (κ3) is 2.61. The van der Waals surface area contributed by atoms with Crippen LogP contribution in [0.5, 0.6) is 0 Å². The summed E-state index contributed by atoms with van der Waals surface area (Å²) in [5.41, 5.74) is 0. The monoisotopic (exact) mass is 245 g/mol. The van der Waals surface area contributed by atoms with E-state index in [1.54, 1.807) is 0 Å². The van der Waals surface area contributed by atoms with E-state index < -0.39 is 0 Å². The van der Waals surface area contributed by atoms with Crippen molar-refractivity contribution in [3.63, 3.8) is 0 Å². The van der Waals surface area contributed by atoms with Gasteiger partial charge in [0.2, 0.25) is 5.13 Å². The molecule has 3 nitrogen and oxygen atoms in total. The number of aromatic nitrogens is 2. The molecule has 0 spiro atoms. The van der Waals surface area contributed by atoms with Gasteiger partial charge >= 0.3 is 0 Å². The lowest BCUT2D eigenvalue weighted by Gasteiger charge is -2.33. The Labute approximate surface area is 99.6 Å². The van der Waals surface area contributed by atoms with Gasteiger partial charge in [-0.1, -0.05) is 6.92 Å². The minimum Gasteiger partial charge on any atom is -0.350 e. The van der Waals surface area contributed by atoms with Gasteiger partial charge in [0.05, 0.1) is 0 Å². The summed E-state index contributed by atoms with van der Waals surface area (Å²) in [5.74, 6) is 1.69. The van der Waals surface area contributed by atoms with Crippen molar-refractivity contribution in [3.8, 4) is 0 Å². The molecule has 0 unspecified atom stereocenters. The van der Waals surface area contributed by atoms with Gasteiger partial charge in [0.1, 0.15) is 5.82 Å². The summed E-state index contributed by atoms with van der Waals surface area (Å²) in [7, 11) is 2.08. The Balaban J connectivity index is 1.87. The number of halogens is 1. The van der Waals surface area contributed by atoms with Gasteiger partial charge in [0.15, 0.2) is 0 Å². The first-order valence-electron chi connectivity index (χ1n) is 5.36. The summed E-state index contributed by atoms with van der Waals surface area (Å²) in [6, 6.07) is 0. The molecule has 1 fully saturated rings. The minimum atomic E-state index is 0.407. The average Bonchev–Trinajstić information content (AvgIpc) is 2.63. The molecule has 1 aliphatic rings. The van der Waals surface area contributed by atoms with Crippen molar-refractivity contribution in [2.75, 3.05) is 18.5 Å². The molecule has 0 aliphatic heterocycles. The number of anilines is 1. The van der Waals surface area contributed by atoms with E-state index in [0.717, 1.165) is 42.7 Å². The second-order valence-corrected chi connectivity index (χ2v) is 5.51. The molecule has 0 radical (unpaired) electrons. The third-order valence-electron chi connectivity index (χ3n) is 2.81. The van der Waals surface area contributed by atoms with Gasteiger partial charge in [-0.05, 0) is 18.8 Å². The van der Waals surface area contributed by atoms with Crippen LogP contribution in [0.2, 0.25) is 0 Å². The van der Waals surface area contributed by atoms with Gasteiger partial charge in [0, 0.05) is 36.9 Å². The van der Waals surface area contributed by atoms with Crippen LogP contribution in [0.15, 0.2) is 0 Å². The van der Waals surface area contributed by atoms with Gasteiger partial charge < -0.3 is 4.90 Å². The molecule has 1 aliphatic carbocycles. The Bertz CT molecular complexity index is 322. The molecule has 1 saturated carbocycles. The van der Waals surface area contributed by atoms with Crippen LogP contribution in [0.3, 0.4) is 0 Å². The van der Waals surface area contributed by atoms with Gasteiger partial charge in [-0.3, -0.25) is 0 Å². The molecule has 2 rings (SSSR count). The van der Waals surface area contributed by atoms with Crippen LogP contribution < -0.4 is 4.90 Å². The Morgan fingerprint density at radius 2 is 2.27 bits per heavy atom. The van der Waals surface area contributed by atoms with E-state index in [2.05, 4.69) is 28.2 Å². The van der Waals surface area contributed by atoms with Crippen molar-refractivity contribution in [1.82, 2.24) is 9.36 Å². The summed E-state index contributed by atoms with van der Waals surface area (Å²) in [5, 5.41) is 1.44. The molecule has 5 heteroatoms. The molecule has 0 N–H and O–H groups in total. The number of nitrogens with zero attached hydrogens (tertiary/aromatic N) is 3. The molecule has 1 heterocycles. The molecular formula is C10H16ClN3S. The third-order valence-corrected chi connectivity index (χ3v) is 4.04. The van der Waals surface area contributed by atoms with Crippen LogP contribution in [0.1, 0.15) is 25.6 Å². The fourth-order valence-corrected chi connectivity index (χ4v) is 3.03. The Kier molecular flexibility index (Phi) is 3.46. The van der Waals surface area contributed by atoms with Crippen LogP contribution in [0.25, 0.3) is 0 Å². The Hall–Kier alpha value is -0.350. The number of hydrogen-bond donors (Lipinski definition) is 0. The van der Waals surface area contributed by atoms with Crippen molar-refractivity contribution >= 4 is 28.3 Å². The Morgan fingerprint density at radius 1 is 1.53 bits per heavy atom. The summed E-state index contributed by atoms with van der Waals surface area (Å²) >= 11 is 7.45. The number of aryl methyl sites for hydroxylation is 1. The lowest BCUT2D eigenvalue weighted by molar-refractivity contribution is 0.329. The molecule has 1 aromatic rings. The number of rotatable bonds is 4. The van der Waals surface area contributed by atoms with E-state index in [4.69, 9.17) is 11.6 Å². The number of alkyl halides is 1. The first-order valence-corrected chi connectivity index (χ1v) is 6.57. The average molecular weight is 246 g/mol. The quantitative estimate of drug-likeness (QED) is 0.764. The van der Waals surface area contributed by atoms with Gasteiger partial charge in [-0.25, -0.2) is 4.98 Å².